The van der Waals surface area contributed by atoms with E-state index >= 15 is 0 Å². The molecule has 3 aromatic carbocycles. The van der Waals surface area contributed by atoms with E-state index in [2.05, 4.69) is 200 Å². The van der Waals surface area contributed by atoms with Crippen LogP contribution in [0.15, 0.2) is 178 Å². The number of hydrogen-bond acceptors (Lipinski definition) is 0. The number of fused-ring (bicyclic) bond motifs is 1. The summed E-state index contributed by atoms with van der Waals surface area (Å²) < 4.78 is 0. The highest BCUT2D eigenvalue weighted by Gasteiger charge is 2.08. The summed E-state index contributed by atoms with van der Waals surface area (Å²) in [6.07, 6.45) is 47.4. The lowest BCUT2D eigenvalue weighted by molar-refractivity contribution is 0.570. The molecule has 0 heterocycles. The molecule has 3 aromatic rings. The monoisotopic (exact) mass is 765 g/mol. The second-order valence-corrected chi connectivity index (χ2v) is 12.7. The van der Waals surface area contributed by atoms with Crippen molar-refractivity contribution in [2.45, 2.75) is 114 Å². The van der Waals surface area contributed by atoms with Crippen LogP contribution >= 0.6 is 0 Å². The van der Waals surface area contributed by atoms with E-state index in [1.54, 1.807) is 0 Å². The van der Waals surface area contributed by atoms with Gasteiger partial charge in [-0.15, -0.1) is 26.0 Å². The van der Waals surface area contributed by atoms with Gasteiger partial charge in [0.05, 0.1) is 0 Å². The molecular weight excluding hydrogens is 685 g/mol. The van der Waals surface area contributed by atoms with Crippen molar-refractivity contribution in [2.75, 3.05) is 0 Å². The Morgan fingerprint density at radius 2 is 1.39 bits per heavy atom. The molecule has 3 rings (SSSR count). The standard InChI is InChI=1S/C41H52.C8H10.2C2H6.C2H4.C2H2/c1-7-11-12-13-14-15-16-26-36(21-8-2)30-31-37-32-39-27-17-18-29-40(39)41(33-37)38(22-9-3)28-20-25-35(6)24-19-23-34(5)10-4;1-2-8-6-4-3-5-7-8;4*1-2/h7-9,11-13,17-22,24-25,27,29-35H,2-3,10,14-16,23,26,28H2,1,4-6H3;3-7H,2H2,1H3;2*1-2H3;1-2H2;1-2H/b11-7-,13-12-,24-19-,25-20?,31-30?,36-21-,38-22+;;;;;. The van der Waals surface area contributed by atoms with Gasteiger partial charge in [-0.05, 0) is 114 Å². The fourth-order valence-electron chi connectivity index (χ4n) is 5.44. The van der Waals surface area contributed by atoms with Crippen LogP contribution in [-0.2, 0) is 6.42 Å². The van der Waals surface area contributed by atoms with Crippen LogP contribution in [0.3, 0.4) is 0 Å². The molecule has 0 fully saturated rings. The topological polar surface area (TPSA) is 0 Å². The Kier molecular flexibility index (Phi) is 41.5. The van der Waals surface area contributed by atoms with Crippen molar-refractivity contribution in [3.05, 3.63) is 194 Å². The molecule has 0 saturated carbocycles. The number of rotatable bonds is 19. The minimum atomic E-state index is 0.425. The molecule has 0 aliphatic rings. The van der Waals surface area contributed by atoms with Crippen LogP contribution in [0.1, 0.15) is 124 Å². The number of hydrogen-bond donors (Lipinski definition) is 0. The molecule has 0 radical (unpaired) electrons. The van der Waals surface area contributed by atoms with Crippen LogP contribution in [-0.4, -0.2) is 0 Å². The van der Waals surface area contributed by atoms with Gasteiger partial charge in [0, 0.05) is 0 Å². The number of allylic oxidation sites excluding steroid dienone is 15. The largest absolute Gasteiger partial charge is 0.124 e. The van der Waals surface area contributed by atoms with Crippen LogP contribution in [0.2, 0.25) is 0 Å². The molecule has 2 unspecified atom stereocenters. The zero-order valence-corrected chi connectivity index (χ0v) is 37.7. The average molecular weight is 765 g/mol. The minimum Gasteiger partial charge on any atom is -0.124 e. The number of aryl methyl sites for hydroxylation is 1. The fourth-order valence-corrected chi connectivity index (χ4v) is 5.44. The van der Waals surface area contributed by atoms with Crippen molar-refractivity contribution in [1.29, 1.82) is 0 Å². The van der Waals surface area contributed by atoms with E-state index in [4.69, 9.17) is 0 Å². The highest BCUT2D eigenvalue weighted by Crippen LogP contribution is 2.30. The summed E-state index contributed by atoms with van der Waals surface area (Å²) in [4.78, 5) is 0. The smallest absolute Gasteiger partial charge is 0.00818 e. The normalized spacial score (nSPS) is 12.3. The van der Waals surface area contributed by atoms with Crippen molar-refractivity contribution in [1.82, 2.24) is 0 Å². The molecule has 0 heteroatoms. The summed E-state index contributed by atoms with van der Waals surface area (Å²) in [6.45, 7) is 33.0. The van der Waals surface area contributed by atoms with E-state index in [1.165, 1.54) is 51.5 Å². The summed E-state index contributed by atoms with van der Waals surface area (Å²) in [5, 5.41) is 2.53. The Balaban J connectivity index is -0.00000154. The van der Waals surface area contributed by atoms with E-state index in [0.29, 0.717) is 5.92 Å². The van der Waals surface area contributed by atoms with Crippen molar-refractivity contribution < 1.29 is 0 Å². The summed E-state index contributed by atoms with van der Waals surface area (Å²) in [5.41, 5.74) is 6.49. The van der Waals surface area contributed by atoms with E-state index in [9.17, 15) is 0 Å². The highest BCUT2D eigenvalue weighted by atomic mass is 14.1. The zero-order valence-electron chi connectivity index (χ0n) is 37.7. The van der Waals surface area contributed by atoms with Gasteiger partial charge >= 0.3 is 0 Å². The maximum atomic E-state index is 4.02. The molecule has 2 atom stereocenters. The van der Waals surface area contributed by atoms with Crippen molar-refractivity contribution in [3.63, 3.8) is 0 Å². The van der Waals surface area contributed by atoms with Gasteiger partial charge in [0.2, 0.25) is 0 Å². The molecule has 0 N–H and O–H groups in total. The molecule has 0 spiro atoms. The van der Waals surface area contributed by atoms with Gasteiger partial charge in [-0.25, -0.2) is 0 Å². The first kappa shape index (κ1) is 56.2. The quantitative estimate of drug-likeness (QED) is 0.0494. The van der Waals surface area contributed by atoms with E-state index in [0.717, 1.165) is 44.4 Å². The van der Waals surface area contributed by atoms with Crippen LogP contribution in [0, 0.1) is 24.7 Å². The molecule has 0 aromatic heterocycles. The van der Waals surface area contributed by atoms with Gasteiger partial charge in [-0.1, -0.05) is 215 Å². The van der Waals surface area contributed by atoms with Gasteiger partial charge in [-0.3, -0.25) is 0 Å². The highest BCUT2D eigenvalue weighted by molar-refractivity contribution is 5.96. The molecule has 0 amide bonds. The Hall–Kier alpha value is -5.12. The molecule has 0 aliphatic heterocycles. The lowest BCUT2D eigenvalue weighted by atomic mass is 9.92. The summed E-state index contributed by atoms with van der Waals surface area (Å²) >= 11 is 0. The number of unbranched alkanes of at least 4 members (excludes halogenated alkanes) is 2. The third-order valence-electron chi connectivity index (χ3n) is 8.60. The molecule has 0 bridgehead atoms. The van der Waals surface area contributed by atoms with Crippen molar-refractivity contribution >= 4 is 22.4 Å². The molecule has 57 heavy (non-hydrogen) atoms. The number of terminal acetylenes is 1. The predicted octanol–water partition coefficient (Wildman–Crippen LogP) is 18.2. The molecular formula is C57H80. The van der Waals surface area contributed by atoms with E-state index in [1.807, 2.05) is 52.8 Å². The second kappa shape index (κ2) is 42.0. The predicted molar refractivity (Wildman–Crippen MR) is 268 cm³/mol. The molecule has 308 valence electrons. The van der Waals surface area contributed by atoms with Crippen LogP contribution < -0.4 is 0 Å². The maximum Gasteiger partial charge on any atom is -0.00818 e. The first-order valence-electron chi connectivity index (χ1n) is 21.3. The Labute approximate surface area is 353 Å². The van der Waals surface area contributed by atoms with Gasteiger partial charge in [-0.2, -0.15) is 0 Å². The summed E-state index contributed by atoms with van der Waals surface area (Å²) in [5.74, 6) is 1.17. The Bertz CT molecular complexity index is 1640. The van der Waals surface area contributed by atoms with Crippen molar-refractivity contribution in [2.24, 2.45) is 11.8 Å². The minimum absolute atomic E-state index is 0.425. The van der Waals surface area contributed by atoms with Gasteiger partial charge < -0.3 is 0 Å². The number of benzene rings is 3. The third-order valence-corrected chi connectivity index (χ3v) is 8.60. The van der Waals surface area contributed by atoms with Crippen LogP contribution in [0.5, 0.6) is 0 Å². The summed E-state index contributed by atoms with van der Waals surface area (Å²) in [7, 11) is 0. The van der Waals surface area contributed by atoms with Crippen LogP contribution in [0.4, 0.5) is 0 Å². The van der Waals surface area contributed by atoms with Gasteiger partial charge in [0.15, 0.2) is 0 Å². The molecule has 0 saturated heterocycles. The van der Waals surface area contributed by atoms with Gasteiger partial charge in [0.1, 0.15) is 0 Å². The van der Waals surface area contributed by atoms with E-state index < -0.39 is 0 Å². The third kappa shape index (κ3) is 28.0. The first-order valence-corrected chi connectivity index (χ1v) is 21.3. The first-order chi connectivity index (χ1) is 27.9. The van der Waals surface area contributed by atoms with Crippen molar-refractivity contribution in [3.8, 4) is 12.8 Å². The van der Waals surface area contributed by atoms with E-state index in [-0.39, 0.29) is 0 Å². The Morgan fingerprint density at radius 1 is 0.754 bits per heavy atom. The zero-order chi connectivity index (χ0) is 43.5. The summed E-state index contributed by atoms with van der Waals surface area (Å²) in [6, 6.07) is 23.8. The molecule has 0 nitrogen and oxygen atoms in total. The average Bonchev–Trinajstić information content (AvgIpc) is 3.27. The molecule has 0 aliphatic carbocycles. The Morgan fingerprint density at radius 3 is 1.98 bits per heavy atom. The SMILES string of the molecule is C#C.C=C.C=C/C=C(\C=Cc1cc(/C(=C/C=C)CC=CC(C)/C=C\CC(C)CC)c2ccccc2c1)CCCC/C=C\C=C/C.CC.CC.CCc1ccccc1. The fraction of sp³-hybridized carbons (Fsp3) is 0.333. The lowest BCUT2D eigenvalue weighted by Gasteiger charge is -2.12. The lowest BCUT2D eigenvalue weighted by Crippen LogP contribution is -1.91. The van der Waals surface area contributed by atoms with Gasteiger partial charge in [0.25, 0.3) is 0 Å². The van der Waals surface area contributed by atoms with Crippen LogP contribution in [0.25, 0.3) is 22.4 Å². The second-order valence-electron chi connectivity index (χ2n) is 12.7. The maximum absolute atomic E-state index is 4.02.